The number of hydrogen-bond donors (Lipinski definition) is 2. The van der Waals surface area contributed by atoms with Gasteiger partial charge in [-0.15, -0.1) is 0 Å². The van der Waals surface area contributed by atoms with E-state index < -0.39 is 0 Å². The Morgan fingerprint density at radius 1 is 1.45 bits per heavy atom. The number of hydrogen-bond acceptors (Lipinski definition) is 3. The van der Waals surface area contributed by atoms with Gasteiger partial charge in [-0.25, -0.2) is 9.89 Å². The van der Waals surface area contributed by atoms with E-state index in [0.29, 0.717) is 29.5 Å². The second kappa shape index (κ2) is 5.96. The van der Waals surface area contributed by atoms with Crippen LogP contribution in [0.25, 0.3) is 0 Å². The smallest absolute Gasteiger partial charge is 0.338 e. The van der Waals surface area contributed by atoms with Crippen LogP contribution in [0.1, 0.15) is 40.5 Å². The second-order valence-corrected chi connectivity index (χ2v) is 6.04. The number of aryl methyl sites for hydroxylation is 1. The lowest BCUT2D eigenvalue weighted by Gasteiger charge is -2.31. The summed E-state index contributed by atoms with van der Waals surface area (Å²) in [5, 5.41) is 6.82. The molecule has 116 valence electrons. The Morgan fingerprint density at radius 3 is 2.95 bits per heavy atom. The summed E-state index contributed by atoms with van der Waals surface area (Å²) in [6, 6.07) is 5.44. The van der Waals surface area contributed by atoms with E-state index in [1.54, 1.807) is 17.0 Å². The molecule has 0 spiro atoms. The SMILES string of the molecule is Cc1ccc(C(=O)N2CCC[C@@H](c3n[nH]c(=O)[nH]3)C2)c(Cl)c1. The van der Waals surface area contributed by atoms with E-state index in [2.05, 4.69) is 15.2 Å². The van der Waals surface area contributed by atoms with Gasteiger partial charge < -0.3 is 4.90 Å². The maximum Gasteiger partial charge on any atom is 0.340 e. The van der Waals surface area contributed by atoms with E-state index in [-0.39, 0.29) is 17.5 Å². The van der Waals surface area contributed by atoms with Gasteiger partial charge in [-0.1, -0.05) is 17.7 Å². The predicted molar refractivity (Wildman–Crippen MR) is 83.3 cm³/mol. The zero-order chi connectivity index (χ0) is 15.7. The molecule has 22 heavy (non-hydrogen) atoms. The lowest BCUT2D eigenvalue weighted by molar-refractivity contribution is 0.0705. The van der Waals surface area contributed by atoms with E-state index in [1.165, 1.54) is 0 Å². The van der Waals surface area contributed by atoms with Crippen molar-refractivity contribution in [2.24, 2.45) is 0 Å². The van der Waals surface area contributed by atoms with Crippen LogP contribution in [0, 0.1) is 6.92 Å². The van der Waals surface area contributed by atoms with Gasteiger partial charge in [0.05, 0.1) is 10.6 Å². The first kappa shape index (κ1) is 14.8. The Balaban J connectivity index is 1.79. The summed E-state index contributed by atoms with van der Waals surface area (Å²) >= 11 is 6.19. The molecule has 1 fully saturated rings. The zero-order valence-electron chi connectivity index (χ0n) is 12.2. The number of amides is 1. The summed E-state index contributed by atoms with van der Waals surface area (Å²) in [7, 11) is 0. The molecule has 2 N–H and O–H groups in total. The molecule has 6 nitrogen and oxygen atoms in total. The molecule has 0 aliphatic carbocycles. The van der Waals surface area contributed by atoms with Crippen molar-refractivity contribution in [3.05, 3.63) is 50.7 Å². The van der Waals surface area contributed by atoms with E-state index in [0.717, 1.165) is 18.4 Å². The molecule has 2 aromatic rings. The third kappa shape index (κ3) is 2.92. The van der Waals surface area contributed by atoms with Gasteiger partial charge in [0, 0.05) is 19.0 Å². The van der Waals surface area contributed by atoms with Crippen LogP contribution in [0.3, 0.4) is 0 Å². The number of aromatic nitrogens is 3. The largest absolute Gasteiger partial charge is 0.340 e. The Morgan fingerprint density at radius 2 is 2.27 bits per heavy atom. The monoisotopic (exact) mass is 320 g/mol. The van der Waals surface area contributed by atoms with Gasteiger partial charge >= 0.3 is 5.69 Å². The highest BCUT2D eigenvalue weighted by atomic mass is 35.5. The normalized spacial score (nSPS) is 18.5. The average Bonchev–Trinajstić information content (AvgIpc) is 2.93. The fraction of sp³-hybridized carbons (Fsp3) is 0.400. The summed E-state index contributed by atoms with van der Waals surface area (Å²) in [6.45, 7) is 3.16. The van der Waals surface area contributed by atoms with Crippen molar-refractivity contribution >= 4 is 17.5 Å². The average molecular weight is 321 g/mol. The lowest BCUT2D eigenvalue weighted by Crippen LogP contribution is -2.39. The van der Waals surface area contributed by atoms with Gasteiger partial charge in [0.1, 0.15) is 5.82 Å². The molecule has 1 amide bonds. The molecule has 1 aromatic carbocycles. The highest BCUT2D eigenvalue weighted by molar-refractivity contribution is 6.33. The van der Waals surface area contributed by atoms with Crippen molar-refractivity contribution in [2.45, 2.75) is 25.7 Å². The molecule has 7 heteroatoms. The summed E-state index contributed by atoms with van der Waals surface area (Å²) < 4.78 is 0. The van der Waals surface area contributed by atoms with Crippen molar-refractivity contribution in [2.75, 3.05) is 13.1 Å². The number of rotatable bonds is 2. The van der Waals surface area contributed by atoms with Crippen LogP contribution in [0.4, 0.5) is 0 Å². The number of likely N-dealkylation sites (tertiary alicyclic amines) is 1. The molecule has 0 radical (unpaired) electrons. The molecule has 1 aliphatic heterocycles. The van der Waals surface area contributed by atoms with Crippen molar-refractivity contribution in [3.8, 4) is 0 Å². The van der Waals surface area contributed by atoms with Crippen LogP contribution in [-0.2, 0) is 0 Å². The number of carbonyl (C=O) groups is 1. The second-order valence-electron chi connectivity index (χ2n) is 5.64. The number of H-pyrrole nitrogens is 2. The Bertz CT molecular complexity index is 752. The maximum atomic E-state index is 12.7. The molecular weight excluding hydrogens is 304 g/mol. The summed E-state index contributed by atoms with van der Waals surface area (Å²) in [4.78, 5) is 28.3. The highest BCUT2D eigenvalue weighted by Gasteiger charge is 2.28. The van der Waals surface area contributed by atoms with E-state index >= 15 is 0 Å². The zero-order valence-corrected chi connectivity index (χ0v) is 13.0. The van der Waals surface area contributed by atoms with Crippen LogP contribution in [0.5, 0.6) is 0 Å². The van der Waals surface area contributed by atoms with Crippen molar-refractivity contribution in [1.82, 2.24) is 20.1 Å². The molecule has 1 aliphatic rings. The van der Waals surface area contributed by atoms with Crippen LogP contribution in [0.15, 0.2) is 23.0 Å². The molecule has 0 unspecified atom stereocenters. The Labute approximate surface area is 132 Å². The van der Waals surface area contributed by atoms with Gasteiger partial charge in [-0.05, 0) is 37.5 Å². The Kier molecular flexibility index (Phi) is 4.02. The van der Waals surface area contributed by atoms with Gasteiger partial charge in [-0.2, -0.15) is 5.10 Å². The van der Waals surface area contributed by atoms with Gasteiger partial charge in [-0.3, -0.25) is 9.78 Å². The number of carbonyl (C=O) groups excluding carboxylic acids is 1. The molecule has 1 atom stereocenters. The Hall–Kier alpha value is -2.08. The summed E-state index contributed by atoms with van der Waals surface area (Å²) in [5.41, 5.74) is 1.22. The van der Waals surface area contributed by atoms with Gasteiger partial charge in [0.2, 0.25) is 0 Å². The summed E-state index contributed by atoms with van der Waals surface area (Å²) in [6.07, 6.45) is 1.76. The number of nitrogens with one attached hydrogen (secondary N) is 2. The predicted octanol–water partition coefficient (Wildman–Crippen LogP) is 2.08. The number of piperidine rings is 1. The molecular formula is C15H17ClN4O2. The van der Waals surface area contributed by atoms with Gasteiger partial charge in [0.25, 0.3) is 5.91 Å². The van der Waals surface area contributed by atoms with Gasteiger partial charge in [0.15, 0.2) is 0 Å². The highest BCUT2D eigenvalue weighted by Crippen LogP contribution is 2.26. The third-order valence-corrected chi connectivity index (χ3v) is 4.28. The molecule has 0 saturated carbocycles. The number of benzene rings is 1. The van der Waals surface area contributed by atoms with Crippen molar-refractivity contribution < 1.29 is 4.79 Å². The first-order valence-electron chi connectivity index (χ1n) is 7.24. The first-order valence-corrected chi connectivity index (χ1v) is 7.62. The summed E-state index contributed by atoms with van der Waals surface area (Å²) in [5.74, 6) is 0.575. The minimum Gasteiger partial charge on any atom is -0.338 e. The molecule has 2 heterocycles. The fourth-order valence-corrected chi connectivity index (χ4v) is 3.14. The third-order valence-electron chi connectivity index (χ3n) is 3.97. The van der Waals surface area contributed by atoms with Crippen LogP contribution >= 0.6 is 11.6 Å². The number of aromatic amines is 2. The molecule has 1 saturated heterocycles. The van der Waals surface area contributed by atoms with E-state index in [9.17, 15) is 9.59 Å². The minimum atomic E-state index is -0.319. The molecule has 1 aromatic heterocycles. The number of halogens is 1. The van der Waals surface area contributed by atoms with Crippen LogP contribution < -0.4 is 5.69 Å². The molecule has 3 rings (SSSR count). The quantitative estimate of drug-likeness (QED) is 0.888. The van der Waals surface area contributed by atoms with Crippen molar-refractivity contribution in [3.63, 3.8) is 0 Å². The maximum absolute atomic E-state index is 12.7. The van der Waals surface area contributed by atoms with Crippen LogP contribution in [0.2, 0.25) is 5.02 Å². The standard InChI is InChI=1S/C15H17ClN4O2/c1-9-4-5-11(12(16)7-9)14(21)20-6-2-3-10(8-20)13-17-15(22)19-18-13/h4-5,7,10H,2-3,6,8H2,1H3,(H2,17,18,19,22)/t10-/m1/s1. The number of nitrogens with zero attached hydrogens (tertiary/aromatic N) is 2. The fourth-order valence-electron chi connectivity index (χ4n) is 2.83. The lowest BCUT2D eigenvalue weighted by atomic mass is 9.96. The molecule has 0 bridgehead atoms. The van der Waals surface area contributed by atoms with E-state index in [1.807, 2.05) is 13.0 Å². The van der Waals surface area contributed by atoms with E-state index in [4.69, 9.17) is 11.6 Å². The first-order chi connectivity index (χ1) is 10.5. The van der Waals surface area contributed by atoms with Crippen LogP contribution in [-0.4, -0.2) is 39.1 Å². The minimum absolute atomic E-state index is 0.0425. The van der Waals surface area contributed by atoms with Crippen molar-refractivity contribution in [1.29, 1.82) is 0 Å². The topological polar surface area (TPSA) is 81.8 Å².